The quantitative estimate of drug-likeness (QED) is 0.729. The molecule has 1 aromatic carbocycles. The molecule has 1 unspecified atom stereocenters. The first kappa shape index (κ1) is 11.8. The number of nitrogens with one attached hydrogen (secondary N) is 2. The molecular formula is C16H16N2O. The summed E-state index contributed by atoms with van der Waals surface area (Å²) in [6.07, 6.45) is 3.64. The lowest BCUT2D eigenvalue weighted by Gasteiger charge is -2.16. The fraction of sp³-hybridized carbons (Fsp3) is 0.125. The molecule has 2 aromatic heterocycles. The molecule has 0 aliphatic carbocycles. The molecule has 0 bridgehead atoms. The highest BCUT2D eigenvalue weighted by Crippen LogP contribution is 2.22. The van der Waals surface area contributed by atoms with Gasteiger partial charge in [0.1, 0.15) is 5.76 Å². The van der Waals surface area contributed by atoms with Crippen molar-refractivity contribution in [3.8, 4) is 0 Å². The molecule has 0 saturated heterocycles. The Morgan fingerprint density at radius 2 is 1.89 bits per heavy atom. The maximum absolute atomic E-state index is 5.55. The van der Waals surface area contributed by atoms with Gasteiger partial charge < -0.3 is 9.40 Å². The van der Waals surface area contributed by atoms with E-state index in [1.54, 1.807) is 6.26 Å². The van der Waals surface area contributed by atoms with Crippen molar-refractivity contribution in [3.63, 3.8) is 0 Å². The molecule has 3 heteroatoms. The molecule has 19 heavy (non-hydrogen) atoms. The van der Waals surface area contributed by atoms with Gasteiger partial charge in [0.05, 0.1) is 12.3 Å². The van der Waals surface area contributed by atoms with E-state index in [4.69, 9.17) is 4.42 Å². The number of benzene rings is 1. The summed E-state index contributed by atoms with van der Waals surface area (Å²) in [5.41, 5.74) is 2.36. The summed E-state index contributed by atoms with van der Waals surface area (Å²) in [5.74, 6) is 0.928. The van der Waals surface area contributed by atoms with Gasteiger partial charge in [0.2, 0.25) is 0 Å². The van der Waals surface area contributed by atoms with E-state index >= 15 is 0 Å². The SMILES string of the molecule is c1ccc(C(NCc2ccc[nH]2)c2ccco2)cc1. The highest BCUT2D eigenvalue weighted by molar-refractivity contribution is 5.26. The minimum Gasteiger partial charge on any atom is -0.467 e. The largest absolute Gasteiger partial charge is 0.467 e. The zero-order chi connectivity index (χ0) is 12.9. The van der Waals surface area contributed by atoms with Crippen LogP contribution in [0.25, 0.3) is 0 Å². The van der Waals surface area contributed by atoms with Crippen LogP contribution in [0, 0.1) is 0 Å². The summed E-state index contributed by atoms with van der Waals surface area (Å²) in [4.78, 5) is 3.20. The van der Waals surface area contributed by atoms with Gasteiger partial charge in [-0.05, 0) is 29.8 Å². The lowest BCUT2D eigenvalue weighted by Crippen LogP contribution is -2.21. The molecule has 0 saturated carbocycles. The molecule has 0 amide bonds. The standard InChI is InChI=1S/C16H16N2O/c1-2-6-13(7-3-1)16(15-9-5-11-19-15)18-12-14-8-4-10-17-14/h1-11,16-18H,12H2. The van der Waals surface area contributed by atoms with E-state index in [9.17, 15) is 0 Å². The van der Waals surface area contributed by atoms with Crippen molar-refractivity contribution in [1.82, 2.24) is 10.3 Å². The normalized spacial score (nSPS) is 12.4. The fourth-order valence-corrected chi connectivity index (χ4v) is 2.17. The molecule has 2 N–H and O–H groups in total. The fourth-order valence-electron chi connectivity index (χ4n) is 2.17. The van der Waals surface area contributed by atoms with Crippen molar-refractivity contribution >= 4 is 0 Å². The Kier molecular flexibility index (Phi) is 3.47. The Labute approximate surface area is 112 Å². The van der Waals surface area contributed by atoms with Crippen LogP contribution >= 0.6 is 0 Å². The maximum atomic E-state index is 5.55. The van der Waals surface area contributed by atoms with Crippen molar-refractivity contribution in [2.24, 2.45) is 0 Å². The van der Waals surface area contributed by atoms with Gasteiger partial charge in [-0.25, -0.2) is 0 Å². The van der Waals surface area contributed by atoms with Crippen LogP contribution in [0.2, 0.25) is 0 Å². The number of furan rings is 1. The number of H-pyrrole nitrogens is 1. The minimum absolute atomic E-state index is 0.0690. The third-order valence-electron chi connectivity index (χ3n) is 3.12. The molecule has 3 aromatic rings. The van der Waals surface area contributed by atoms with Gasteiger partial charge in [0, 0.05) is 18.4 Å². The third kappa shape index (κ3) is 2.77. The lowest BCUT2D eigenvalue weighted by molar-refractivity contribution is 0.444. The molecule has 0 aliphatic rings. The van der Waals surface area contributed by atoms with Crippen molar-refractivity contribution in [3.05, 3.63) is 84.1 Å². The number of hydrogen-bond acceptors (Lipinski definition) is 2. The van der Waals surface area contributed by atoms with E-state index in [0.717, 1.165) is 18.0 Å². The summed E-state index contributed by atoms with van der Waals surface area (Å²) in [6.45, 7) is 0.771. The van der Waals surface area contributed by atoms with Crippen LogP contribution in [-0.4, -0.2) is 4.98 Å². The summed E-state index contributed by atoms with van der Waals surface area (Å²) in [7, 11) is 0. The number of aromatic nitrogens is 1. The van der Waals surface area contributed by atoms with Crippen molar-refractivity contribution in [1.29, 1.82) is 0 Å². The van der Waals surface area contributed by atoms with E-state index in [2.05, 4.69) is 28.5 Å². The molecule has 3 nitrogen and oxygen atoms in total. The number of rotatable bonds is 5. The second kappa shape index (κ2) is 5.59. The average Bonchev–Trinajstić information content (AvgIpc) is 3.13. The van der Waals surface area contributed by atoms with Gasteiger partial charge in [0.25, 0.3) is 0 Å². The van der Waals surface area contributed by atoms with Crippen molar-refractivity contribution in [2.45, 2.75) is 12.6 Å². The second-order valence-corrected chi connectivity index (χ2v) is 4.44. The van der Waals surface area contributed by atoms with Crippen LogP contribution in [0.1, 0.15) is 23.1 Å². The molecule has 1 atom stereocenters. The first-order chi connectivity index (χ1) is 9.43. The molecule has 0 spiro atoms. The van der Waals surface area contributed by atoms with Crippen LogP contribution in [0.5, 0.6) is 0 Å². The predicted molar refractivity (Wildman–Crippen MR) is 74.6 cm³/mol. The third-order valence-corrected chi connectivity index (χ3v) is 3.12. The summed E-state index contributed by atoms with van der Waals surface area (Å²) < 4.78 is 5.55. The van der Waals surface area contributed by atoms with E-state index < -0.39 is 0 Å². The summed E-state index contributed by atoms with van der Waals surface area (Å²) >= 11 is 0. The molecular weight excluding hydrogens is 236 g/mol. The van der Waals surface area contributed by atoms with Gasteiger partial charge in [-0.2, -0.15) is 0 Å². The summed E-state index contributed by atoms with van der Waals surface area (Å²) in [6, 6.07) is 18.4. The minimum atomic E-state index is 0.0690. The van der Waals surface area contributed by atoms with Gasteiger partial charge in [-0.15, -0.1) is 0 Å². The van der Waals surface area contributed by atoms with Crippen molar-refractivity contribution in [2.75, 3.05) is 0 Å². The zero-order valence-electron chi connectivity index (χ0n) is 10.5. The Morgan fingerprint density at radius 1 is 1.00 bits per heavy atom. The van der Waals surface area contributed by atoms with E-state index in [-0.39, 0.29) is 6.04 Å². The van der Waals surface area contributed by atoms with Crippen LogP contribution < -0.4 is 5.32 Å². The maximum Gasteiger partial charge on any atom is 0.125 e. The van der Waals surface area contributed by atoms with E-state index in [0.29, 0.717) is 0 Å². The molecule has 0 aliphatic heterocycles. The van der Waals surface area contributed by atoms with Crippen molar-refractivity contribution < 1.29 is 4.42 Å². The van der Waals surface area contributed by atoms with E-state index in [1.807, 2.05) is 42.6 Å². The van der Waals surface area contributed by atoms with Crippen LogP contribution in [0.4, 0.5) is 0 Å². The predicted octanol–water partition coefficient (Wildman–Crippen LogP) is 3.49. The lowest BCUT2D eigenvalue weighted by atomic mass is 10.0. The Hall–Kier alpha value is -2.26. The smallest absolute Gasteiger partial charge is 0.125 e. The van der Waals surface area contributed by atoms with Gasteiger partial charge >= 0.3 is 0 Å². The first-order valence-corrected chi connectivity index (χ1v) is 6.37. The Bertz CT molecular complexity index is 585. The first-order valence-electron chi connectivity index (χ1n) is 6.37. The molecule has 2 heterocycles. The Morgan fingerprint density at radius 3 is 2.58 bits per heavy atom. The highest BCUT2D eigenvalue weighted by Gasteiger charge is 2.15. The molecule has 96 valence electrons. The monoisotopic (exact) mass is 252 g/mol. The molecule has 0 fully saturated rings. The average molecular weight is 252 g/mol. The summed E-state index contributed by atoms with van der Waals surface area (Å²) in [5, 5.41) is 3.52. The van der Waals surface area contributed by atoms with Crippen LogP contribution in [0.3, 0.4) is 0 Å². The van der Waals surface area contributed by atoms with Gasteiger partial charge in [0.15, 0.2) is 0 Å². The topological polar surface area (TPSA) is 41.0 Å². The number of aromatic amines is 1. The number of hydrogen-bond donors (Lipinski definition) is 2. The second-order valence-electron chi connectivity index (χ2n) is 4.44. The highest BCUT2D eigenvalue weighted by atomic mass is 16.3. The molecule has 0 radical (unpaired) electrons. The van der Waals surface area contributed by atoms with Gasteiger partial charge in [-0.3, -0.25) is 5.32 Å². The van der Waals surface area contributed by atoms with E-state index in [1.165, 1.54) is 5.56 Å². The van der Waals surface area contributed by atoms with Gasteiger partial charge in [-0.1, -0.05) is 30.3 Å². The Balaban J connectivity index is 1.81. The molecule has 3 rings (SSSR count). The van der Waals surface area contributed by atoms with Crippen LogP contribution in [-0.2, 0) is 6.54 Å². The van der Waals surface area contributed by atoms with Crippen LogP contribution in [0.15, 0.2) is 71.5 Å². The zero-order valence-corrected chi connectivity index (χ0v) is 10.5.